The van der Waals surface area contributed by atoms with E-state index in [2.05, 4.69) is 29.3 Å². The maximum atomic E-state index is 11.8. The smallest absolute Gasteiger partial charge is 0.211 e. The fraction of sp³-hybridized carbons (Fsp3) is 0.722. The summed E-state index contributed by atoms with van der Waals surface area (Å²) in [6.45, 7) is 8.03. The van der Waals surface area contributed by atoms with Gasteiger partial charge in [0.1, 0.15) is 0 Å². The van der Waals surface area contributed by atoms with Gasteiger partial charge in [0.05, 0.1) is 6.26 Å². The van der Waals surface area contributed by atoms with Crippen molar-refractivity contribution < 1.29 is 8.42 Å². The highest BCUT2D eigenvalue weighted by Crippen LogP contribution is 2.33. The number of aryl methyl sites for hydroxylation is 1. The van der Waals surface area contributed by atoms with E-state index in [1.807, 2.05) is 6.20 Å². The molecule has 2 aliphatic heterocycles. The van der Waals surface area contributed by atoms with Crippen LogP contribution in [0.3, 0.4) is 0 Å². The third-order valence-electron chi connectivity index (χ3n) is 5.56. The molecule has 3 rings (SSSR count). The van der Waals surface area contributed by atoms with E-state index in [-0.39, 0.29) is 5.41 Å². The SMILES string of the molecule is Cc1ccc(C2(CN3CCCN(S(C)(=O)=O)CC3)CCNCC2)nc1. The van der Waals surface area contributed by atoms with Gasteiger partial charge >= 0.3 is 0 Å². The summed E-state index contributed by atoms with van der Waals surface area (Å²) in [4.78, 5) is 7.20. The molecule has 140 valence electrons. The third kappa shape index (κ3) is 4.58. The fourth-order valence-electron chi connectivity index (χ4n) is 4.05. The van der Waals surface area contributed by atoms with Gasteiger partial charge in [0.2, 0.25) is 10.0 Å². The van der Waals surface area contributed by atoms with Crippen molar-refractivity contribution >= 4 is 10.0 Å². The Morgan fingerprint density at radius 3 is 2.56 bits per heavy atom. The van der Waals surface area contributed by atoms with Crippen molar-refractivity contribution in [3.8, 4) is 0 Å². The number of rotatable bonds is 4. The summed E-state index contributed by atoms with van der Waals surface area (Å²) in [5.74, 6) is 0. The Morgan fingerprint density at radius 1 is 1.16 bits per heavy atom. The first-order valence-corrected chi connectivity index (χ1v) is 11.1. The van der Waals surface area contributed by atoms with Gasteiger partial charge in [-0.2, -0.15) is 0 Å². The van der Waals surface area contributed by atoms with Gasteiger partial charge in [-0.1, -0.05) is 6.07 Å². The molecule has 6 nitrogen and oxygen atoms in total. The molecular formula is C18H30N4O2S. The van der Waals surface area contributed by atoms with Crippen molar-refractivity contribution in [1.82, 2.24) is 19.5 Å². The summed E-state index contributed by atoms with van der Waals surface area (Å²) in [6, 6.07) is 4.33. The average molecular weight is 367 g/mol. The van der Waals surface area contributed by atoms with E-state index in [0.29, 0.717) is 13.1 Å². The molecule has 1 aromatic rings. The minimum absolute atomic E-state index is 0.0687. The van der Waals surface area contributed by atoms with Crippen LogP contribution in [-0.2, 0) is 15.4 Å². The lowest BCUT2D eigenvalue weighted by Crippen LogP contribution is -2.49. The van der Waals surface area contributed by atoms with Gasteiger partial charge in [-0.25, -0.2) is 12.7 Å². The highest BCUT2D eigenvalue weighted by molar-refractivity contribution is 7.88. The maximum absolute atomic E-state index is 11.8. The molecule has 0 radical (unpaired) electrons. The van der Waals surface area contributed by atoms with Crippen molar-refractivity contribution in [2.45, 2.75) is 31.6 Å². The molecule has 0 bridgehead atoms. The topological polar surface area (TPSA) is 65.5 Å². The molecule has 3 heterocycles. The highest BCUT2D eigenvalue weighted by Gasteiger charge is 2.37. The molecule has 1 N–H and O–H groups in total. The number of hydrogen-bond donors (Lipinski definition) is 1. The quantitative estimate of drug-likeness (QED) is 0.860. The lowest BCUT2D eigenvalue weighted by molar-refractivity contribution is 0.176. The predicted octanol–water partition coefficient (Wildman–Crippen LogP) is 0.979. The Balaban J connectivity index is 1.76. The highest BCUT2D eigenvalue weighted by atomic mass is 32.2. The van der Waals surface area contributed by atoms with Crippen LogP contribution in [0.25, 0.3) is 0 Å². The summed E-state index contributed by atoms with van der Waals surface area (Å²) in [5, 5.41) is 3.46. The molecule has 0 amide bonds. The van der Waals surface area contributed by atoms with Crippen LogP contribution in [0.5, 0.6) is 0 Å². The molecular weight excluding hydrogens is 336 g/mol. The first-order chi connectivity index (χ1) is 11.9. The Morgan fingerprint density at radius 2 is 1.92 bits per heavy atom. The Kier molecular flexibility index (Phi) is 5.78. The van der Waals surface area contributed by atoms with Crippen molar-refractivity contribution in [3.63, 3.8) is 0 Å². The largest absolute Gasteiger partial charge is 0.317 e. The van der Waals surface area contributed by atoms with Crippen molar-refractivity contribution in [2.24, 2.45) is 0 Å². The van der Waals surface area contributed by atoms with Crippen LogP contribution in [0.2, 0.25) is 0 Å². The van der Waals surface area contributed by atoms with Gasteiger partial charge < -0.3 is 10.2 Å². The number of piperidine rings is 1. The molecule has 0 spiro atoms. The molecule has 25 heavy (non-hydrogen) atoms. The Hall–Kier alpha value is -1.02. The number of nitrogens with one attached hydrogen (secondary N) is 1. The van der Waals surface area contributed by atoms with E-state index in [0.717, 1.165) is 52.0 Å². The molecule has 7 heteroatoms. The van der Waals surface area contributed by atoms with E-state index in [4.69, 9.17) is 4.98 Å². The van der Waals surface area contributed by atoms with Crippen molar-refractivity contribution in [1.29, 1.82) is 0 Å². The van der Waals surface area contributed by atoms with Gasteiger partial charge in [-0.3, -0.25) is 4.98 Å². The lowest BCUT2D eigenvalue weighted by Gasteiger charge is -2.41. The maximum Gasteiger partial charge on any atom is 0.211 e. The summed E-state index contributed by atoms with van der Waals surface area (Å²) in [7, 11) is -3.09. The van der Waals surface area contributed by atoms with Gasteiger partial charge in [-0.15, -0.1) is 0 Å². The average Bonchev–Trinajstić information content (AvgIpc) is 2.81. The van der Waals surface area contributed by atoms with Crippen LogP contribution in [0.15, 0.2) is 18.3 Å². The van der Waals surface area contributed by atoms with Crippen molar-refractivity contribution in [3.05, 3.63) is 29.6 Å². The Labute approximate surface area is 151 Å². The van der Waals surface area contributed by atoms with Gasteiger partial charge in [0.15, 0.2) is 0 Å². The monoisotopic (exact) mass is 366 g/mol. The number of aromatic nitrogens is 1. The molecule has 0 aromatic carbocycles. The summed E-state index contributed by atoms with van der Waals surface area (Å²) >= 11 is 0. The summed E-state index contributed by atoms with van der Waals surface area (Å²) in [6.07, 6.45) is 6.33. The third-order valence-corrected chi connectivity index (χ3v) is 6.86. The molecule has 2 aliphatic rings. The van der Waals surface area contributed by atoms with Crippen LogP contribution in [-0.4, -0.2) is 74.7 Å². The number of hydrogen-bond acceptors (Lipinski definition) is 5. The van der Waals surface area contributed by atoms with Crippen LogP contribution < -0.4 is 5.32 Å². The van der Waals surface area contributed by atoms with Crippen LogP contribution in [0.4, 0.5) is 0 Å². The van der Waals surface area contributed by atoms with Gasteiger partial charge in [0, 0.05) is 43.5 Å². The van der Waals surface area contributed by atoms with E-state index < -0.39 is 10.0 Å². The molecule has 0 unspecified atom stereocenters. The van der Waals surface area contributed by atoms with Gasteiger partial charge in [0.25, 0.3) is 0 Å². The van der Waals surface area contributed by atoms with E-state index in [1.54, 1.807) is 4.31 Å². The normalized spacial score (nSPS) is 23.3. The molecule has 2 saturated heterocycles. The molecule has 2 fully saturated rings. The second-order valence-electron chi connectivity index (χ2n) is 7.54. The summed E-state index contributed by atoms with van der Waals surface area (Å²) in [5.41, 5.74) is 2.44. The zero-order chi connectivity index (χ0) is 17.9. The standard InChI is InChI=1S/C18H30N4O2S/c1-16-4-5-17(20-14-16)18(6-8-19-9-7-18)15-21-10-3-11-22(13-12-21)25(2,23)24/h4-5,14,19H,3,6-13,15H2,1-2H3. The first kappa shape index (κ1) is 18.8. The minimum Gasteiger partial charge on any atom is -0.317 e. The minimum atomic E-state index is -3.09. The summed E-state index contributed by atoms with van der Waals surface area (Å²) < 4.78 is 25.3. The molecule has 0 aliphatic carbocycles. The van der Waals surface area contributed by atoms with Crippen LogP contribution in [0.1, 0.15) is 30.5 Å². The number of nitrogens with zero attached hydrogens (tertiary/aromatic N) is 3. The lowest BCUT2D eigenvalue weighted by atomic mass is 9.75. The molecule has 0 saturated carbocycles. The van der Waals surface area contributed by atoms with Gasteiger partial charge in [-0.05, 0) is 57.5 Å². The first-order valence-electron chi connectivity index (χ1n) is 9.20. The molecule has 0 atom stereocenters. The Bertz CT molecular complexity index is 669. The zero-order valence-corrected chi connectivity index (χ0v) is 16.2. The second kappa shape index (κ2) is 7.70. The number of pyridine rings is 1. The number of sulfonamides is 1. The van der Waals surface area contributed by atoms with E-state index >= 15 is 0 Å². The van der Waals surface area contributed by atoms with E-state index in [9.17, 15) is 8.42 Å². The van der Waals surface area contributed by atoms with Crippen LogP contribution in [0, 0.1) is 6.92 Å². The van der Waals surface area contributed by atoms with E-state index in [1.165, 1.54) is 17.5 Å². The van der Waals surface area contributed by atoms with Crippen LogP contribution >= 0.6 is 0 Å². The van der Waals surface area contributed by atoms with Crippen molar-refractivity contribution in [2.75, 3.05) is 52.1 Å². The predicted molar refractivity (Wildman–Crippen MR) is 100 cm³/mol. The fourth-order valence-corrected chi connectivity index (χ4v) is 4.92. The zero-order valence-electron chi connectivity index (χ0n) is 15.4. The molecule has 1 aromatic heterocycles. The second-order valence-corrected chi connectivity index (χ2v) is 9.53.